The second kappa shape index (κ2) is 9.02. The van der Waals surface area contributed by atoms with Gasteiger partial charge in [-0.25, -0.2) is 9.78 Å². The number of benzene rings is 3. The van der Waals surface area contributed by atoms with E-state index in [9.17, 15) is 4.79 Å². The summed E-state index contributed by atoms with van der Waals surface area (Å²) in [6.45, 7) is 2.65. The quantitative estimate of drug-likeness (QED) is 0.254. The number of ether oxygens (including phenoxy) is 1. The molecule has 2 aromatic heterocycles. The van der Waals surface area contributed by atoms with Gasteiger partial charge in [-0.15, -0.1) is 0 Å². The van der Waals surface area contributed by atoms with Gasteiger partial charge >= 0.3 is 5.63 Å². The van der Waals surface area contributed by atoms with Gasteiger partial charge in [0.1, 0.15) is 11.7 Å². The molecule has 166 valence electrons. The van der Waals surface area contributed by atoms with Crippen molar-refractivity contribution in [3.63, 3.8) is 0 Å². The first-order valence-corrected chi connectivity index (χ1v) is 11.2. The molecule has 1 unspecified atom stereocenters. The lowest BCUT2D eigenvalue weighted by Gasteiger charge is -2.21. The third kappa shape index (κ3) is 4.53. The molecular formula is C26H20Cl2N2O3. The molecular weight excluding hydrogens is 459 g/mol. The number of hydrogen-bond acceptors (Lipinski definition) is 4. The molecule has 5 aromatic rings. The molecule has 0 N–H and O–H groups in total. The average molecular weight is 479 g/mol. The molecule has 0 aliphatic rings. The van der Waals surface area contributed by atoms with Gasteiger partial charge in [0.15, 0.2) is 0 Å². The molecule has 2 heterocycles. The van der Waals surface area contributed by atoms with Gasteiger partial charge in [0.25, 0.3) is 0 Å². The second-order valence-corrected chi connectivity index (χ2v) is 8.79. The van der Waals surface area contributed by atoms with Crippen molar-refractivity contribution in [2.75, 3.05) is 0 Å². The van der Waals surface area contributed by atoms with E-state index < -0.39 is 11.7 Å². The number of hydrogen-bond donors (Lipinski definition) is 0. The van der Waals surface area contributed by atoms with E-state index in [4.69, 9.17) is 32.4 Å². The average Bonchev–Trinajstić information content (AvgIpc) is 3.19. The van der Waals surface area contributed by atoms with Gasteiger partial charge in [-0.3, -0.25) is 0 Å². The Morgan fingerprint density at radius 3 is 2.76 bits per heavy atom. The zero-order valence-electron chi connectivity index (χ0n) is 17.8. The van der Waals surface area contributed by atoms with E-state index in [1.54, 1.807) is 18.5 Å². The molecule has 33 heavy (non-hydrogen) atoms. The molecule has 0 saturated heterocycles. The van der Waals surface area contributed by atoms with Crippen LogP contribution < -0.4 is 5.63 Å². The maximum absolute atomic E-state index is 12.2. The molecule has 7 heteroatoms. The molecule has 0 spiro atoms. The van der Waals surface area contributed by atoms with E-state index in [-0.39, 0.29) is 6.61 Å². The maximum Gasteiger partial charge on any atom is 0.336 e. The molecule has 1 atom stereocenters. The Morgan fingerprint density at radius 1 is 1.06 bits per heavy atom. The zero-order valence-corrected chi connectivity index (χ0v) is 19.3. The highest BCUT2D eigenvalue weighted by Gasteiger charge is 2.19. The van der Waals surface area contributed by atoms with Gasteiger partial charge in [0.05, 0.1) is 30.5 Å². The van der Waals surface area contributed by atoms with Crippen LogP contribution in [-0.2, 0) is 17.9 Å². The fourth-order valence-electron chi connectivity index (χ4n) is 3.98. The number of imidazole rings is 1. The third-order valence-electron chi connectivity index (χ3n) is 5.62. The molecule has 0 aliphatic carbocycles. The highest BCUT2D eigenvalue weighted by Crippen LogP contribution is 2.32. The predicted octanol–water partition coefficient (Wildman–Crippen LogP) is 6.72. The largest absolute Gasteiger partial charge is 0.423 e. The molecule has 0 amide bonds. The lowest BCUT2D eigenvalue weighted by molar-refractivity contribution is 0.0292. The minimum Gasteiger partial charge on any atom is -0.423 e. The third-order valence-corrected chi connectivity index (χ3v) is 6.19. The van der Waals surface area contributed by atoms with Crippen molar-refractivity contribution in [3.8, 4) is 0 Å². The van der Waals surface area contributed by atoms with Crippen LogP contribution in [0.3, 0.4) is 0 Å². The lowest BCUT2D eigenvalue weighted by Crippen LogP contribution is -2.14. The summed E-state index contributed by atoms with van der Waals surface area (Å²) in [7, 11) is 0. The lowest BCUT2D eigenvalue weighted by atomic mass is 10.1. The molecule has 5 nitrogen and oxygen atoms in total. The molecule has 5 rings (SSSR count). The summed E-state index contributed by atoms with van der Waals surface area (Å²) in [6.07, 6.45) is 1.39. The fourth-order valence-corrected chi connectivity index (χ4v) is 4.51. The summed E-state index contributed by atoms with van der Waals surface area (Å²) in [5, 5.41) is 1.91. The van der Waals surface area contributed by atoms with E-state index in [1.807, 2.05) is 60.0 Å². The Kier molecular flexibility index (Phi) is 5.94. The fraction of sp³-hybridized carbons (Fsp3) is 0.154. The van der Waals surface area contributed by atoms with Crippen molar-refractivity contribution < 1.29 is 9.15 Å². The number of nitrogens with zero attached hydrogens (tertiary/aromatic N) is 2. The summed E-state index contributed by atoms with van der Waals surface area (Å²) in [5.74, 6) is 0. The number of aromatic nitrogens is 2. The highest BCUT2D eigenvalue weighted by molar-refractivity contribution is 6.35. The van der Waals surface area contributed by atoms with Gasteiger partial charge in [-0.05, 0) is 48.4 Å². The summed E-state index contributed by atoms with van der Waals surface area (Å²) < 4.78 is 13.8. The van der Waals surface area contributed by atoms with E-state index in [0.29, 0.717) is 22.2 Å². The first-order valence-electron chi connectivity index (χ1n) is 10.5. The number of aryl methyl sites for hydroxylation is 1. The van der Waals surface area contributed by atoms with Gasteiger partial charge in [-0.1, -0.05) is 53.5 Å². The van der Waals surface area contributed by atoms with Crippen LogP contribution in [0.5, 0.6) is 0 Å². The smallest absolute Gasteiger partial charge is 0.336 e. The van der Waals surface area contributed by atoms with Crippen molar-refractivity contribution in [1.29, 1.82) is 0 Å². The SMILES string of the molecule is Cc1ccc2c(COC(Cn3cnc4ccccc43)c3ccc(Cl)cc3Cl)cc(=O)oc2c1. The van der Waals surface area contributed by atoms with Crippen molar-refractivity contribution in [1.82, 2.24) is 9.55 Å². The van der Waals surface area contributed by atoms with Gasteiger partial charge in [-0.2, -0.15) is 0 Å². The van der Waals surface area contributed by atoms with Crippen LogP contribution in [-0.4, -0.2) is 9.55 Å². The van der Waals surface area contributed by atoms with Crippen LogP contribution in [0.2, 0.25) is 10.0 Å². The molecule has 3 aromatic carbocycles. The van der Waals surface area contributed by atoms with Crippen molar-refractivity contribution in [3.05, 3.63) is 110 Å². The maximum atomic E-state index is 12.2. The second-order valence-electron chi connectivity index (χ2n) is 7.94. The van der Waals surface area contributed by atoms with Crippen LogP contribution in [0, 0.1) is 6.92 Å². The number of rotatable bonds is 6. The first-order chi connectivity index (χ1) is 16.0. The van der Waals surface area contributed by atoms with Crippen molar-refractivity contribution in [2.45, 2.75) is 26.2 Å². The molecule has 0 aliphatic heterocycles. The number of para-hydroxylation sites is 2. The van der Waals surface area contributed by atoms with Crippen LogP contribution in [0.25, 0.3) is 22.0 Å². The van der Waals surface area contributed by atoms with E-state index in [0.717, 1.165) is 33.1 Å². The van der Waals surface area contributed by atoms with E-state index >= 15 is 0 Å². The van der Waals surface area contributed by atoms with Crippen LogP contribution in [0.1, 0.15) is 22.8 Å². The summed E-state index contributed by atoms with van der Waals surface area (Å²) in [5.41, 5.74) is 4.62. The molecule has 0 radical (unpaired) electrons. The van der Waals surface area contributed by atoms with E-state index in [1.165, 1.54) is 6.07 Å². The minimum atomic E-state index is -0.409. The number of fused-ring (bicyclic) bond motifs is 2. The van der Waals surface area contributed by atoms with Crippen molar-refractivity contribution >= 4 is 45.2 Å². The summed E-state index contributed by atoms with van der Waals surface area (Å²) >= 11 is 12.7. The van der Waals surface area contributed by atoms with Gasteiger partial charge in [0.2, 0.25) is 0 Å². The van der Waals surface area contributed by atoms with Crippen LogP contribution in [0.4, 0.5) is 0 Å². The zero-order chi connectivity index (χ0) is 22.9. The standard InChI is InChI=1S/C26H20Cl2N2O3/c1-16-6-8-19-17(11-26(31)33-24(19)10-16)14-32-25(20-9-7-18(27)12-21(20)28)13-30-15-29-22-4-2-3-5-23(22)30/h2-12,15,25H,13-14H2,1H3. The minimum absolute atomic E-state index is 0.210. The molecule has 0 fully saturated rings. The topological polar surface area (TPSA) is 57.3 Å². The Bertz CT molecular complexity index is 1520. The Morgan fingerprint density at radius 2 is 1.91 bits per heavy atom. The van der Waals surface area contributed by atoms with Gasteiger partial charge < -0.3 is 13.7 Å². The Hall–Kier alpha value is -3.12. The molecule has 0 bridgehead atoms. The summed E-state index contributed by atoms with van der Waals surface area (Å²) in [4.78, 5) is 16.6. The normalized spacial score (nSPS) is 12.5. The monoisotopic (exact) mass is 478 g/mol. The van der Waals surface area contributed by atoms with Crippen LogP contribution in [0.15, 0.2) is 82.3 Å². The van der Waals surface area contributed by atoms with E-state index in [2.05, 4.69) is 4.98 Å². The first kappa shape index (κ1) is 21.7. The van der Waals surface area contributed by atoms with Crippen molar-refractivity contribution in [2.24, 2.45) is 0 Å². The molecule has 0 saturated carbocycles. The summed E-state index contributed by atoms with van der Waals surface area (Å²) in [6, 6.07) is 20.5. The Labute approximate surface area is 200 Å². The van der Waals surface area contributed by atoms with Gasteiger partial charge in [0, 0.05) is 27.1 Å². The number of halogens is 2. The Balaban J connectivity index is 1.51. The highest BCUT2D eigenvalue weighted by atomic mass is 35.5. The predicted molar refractivity (Wildman–Crippen MR) is 131 cm³/mol. The van der Waals surface area contributed by atoms with Crippen LogP contribution >= 0.6 is 23.2 Å².